The summed E-state index contributed by atoms with van der Waals surface area (Å²) in [5.74, 6) is 1.77. The Labute approximate surface area is 97.7 Å². The number of rotatable bonds is 2. The van der Waals surface area contributed by atoms with Gasteiger partial charge in [0.25, 0.3) is 0 Å². The van der Waals surface area contributed by atoms with E-state index in [9.17, 15) is 0 Å². The maximum atomic E-state index is 6.14. The number of hydrogen-bond donors (Lipinski definition) is 1. The van der Waals surface area contributed by atoms with Crippen LogP contribution in [0.1, 0.15) is 28.0 Å². The average molecular weight is 242 g/mol. The molecule has 2 aromatic heterocycles. The third kappa shape index (κ3) is 2.09. The van der Waals surface area contributed by atoms with Gasteiger partial charge in [-0.2, -0.15) is 0 Å². The third-order valence-electron chi connectivity index (χ3n) is 2.31. The van der Waals surface area contributed by atoms with Crippen molar-refractivity contribution in [2.45, 2.75) is 19.9 Å². The van der Waals surface area contributed by atoms with E-state index in [1.807, 2.05) is 32.0 Å². The summed E-state index contributed by atoms with van der Waals surface area (Å²) in [4.78, 5) is 1.06. The maximum Gasteiger partial charge on any atom is 0.106 e. The summed E-state index contributed by atoms with van der Waals surface area (Å²) in [6.07, 6.45) is 0. The molecule has 0 fully saturated rings. The number of hydrogen-bond acceptors (Lipinski definition) is 3. The summed E-state index contributed by atoms with van der Waals surface area (Å²) in [5.41, 5.74) is 7.17. The Balaban J connectivity index is 2.35. The van der Waals surface area contributed by atoms with Gasteiger partial charge in [0.1, 0.15) is 11.5 Å². The van der Waals surface area contributed by atoms with E-state index in [1.54, 1.807) is 0 Å². The van der Waals surface area contributed by atoms with Crippen LogP contribution in [0.2, 0.25) is 4.34 Å². The summed E-state index contributed by atoms with van der Waals surface area (Å²) < 4.78 is 6.22. The fourth-order valence-electron chi connectivity index (χ4n) is 1.61. The van der Waals surface area contributed by atoms with E-state index in [0.717, 1.165) is 26.3 Å². The van der Waals surface area contributed by atoms with E-state index < -0.39 is 0 Å². The Hall–Kier alpha value is -0.770. The fourth-order valence-corrected chi connectivity index (χ4v) is 2.69. The van der Waals surface area contributed by atoms with Gasteiger partial charge in [-0.1, -0.05) is 11.6 Å². The lowest BCUT2D eigenvalue weighted by atomic mass is 10.1. The Morgan fingerprint density at radius 1 is 1.40 bits per heavy atom. The van der Waals surface area contributed by atoms with Crippen molar-refractivity contribution in [1.29, 1.82) is 0 Å². The average Bonchev–Trinajstić information content (AvgIpc) is 2.71. The number of aryl methyl sites for hydroxylation is 2. The molecule has 2 heterocycles. The second-order valence-electron chi connectivity index (χ2n) is 3.49. The first-order valence-corrected chi connectivity index (χ1v) is 5.85. The summed E-state index contributed by atoms with van der Waals surface area (Å²) >= 11 is 7.38. The predicted octanol–water partition coefficient (Wildman–Crippen LogP) is 3.66. The first-order valence-electron chi connectivity index (χ1n) is 4.65. The molecule has 2 rings (SSSR count). The van der Waals surface area contributed by atoms with Crippen LogP contribution in [0.15, 0.2) is 22.6 Å². The molecule has 0 bridgehead atoms. The summed E-state index contributed by atoms with van der Waals surface area (Å²) in [7, 11) is 0. The van der Waals surface area contributed by atoms with E-state index in [0.29, 0.717) is 0 Å². The van der Waals surface area contributed by atoms with Crippen molar-refractivity contribution in [3.8, 4) is 0 Å². The van der Waals surface area contributed by atoms with Gasteiger partial charge in [0.2, 0.25) is 0 Å². The highest BCUT2D eigenvalue weighted by Crippen LogP contribution is 2.31. The minimum absolute atomic E-state index is 0.139. The topological polar surface area (TPSA) is 39.2 Å². The van der Waals surface area contributed by atoms with Gasteiger partial charge < -0.3 is 10.2 Å². The van der Waals surface area contributed by atoms with E-state index in [4.69, 9.17) is 21.8 Å². The lowest BCUT2D eigenvalue weighted by molar-refractivity contribution is 0.500. The largest absolute Gasteiger partial charge is 0.466 e. The van der Waals surface area contributed by atoms with Gasteiger partial charge in [-0.05, 0) is 32.0 Å². The first kappa shape index (κ1) is 10.7. The zero-order valence-corrected chi connectivity index (χ0v) is 10.2. The van der Waals surface area contributed by atoms with Gasteiger partial charge >= 0.3 is 0 Å². The van der Waals surface area contributed by atoms with Crippen LogP contribution < -0.4 is 5.73 Å². The molecular weight excluding hydrogens is 230 g/mol. The Bertz CT molecular complexity index is 475. The van der Waals surface area contributed by atoms with Gasteiger partial charge in [-0.15, -0.1) is 11.3 Å². The van der Waals surface area contributed by atoms with Crippen molar-refractivity contribution in [3.63, 3.8) is 0 Å². The maximum absolute atomic E-state index is 6.14. The van der Waals surface area contributed by atoms with Gasteiger partial charge in [0.15, 0.2) is 0 Å². The second-order valence-corrected chi connectivity index (χ2v) is 5.23. The normalized spacial score (nSPS) is 13.1. The molecule has 2 N–H and O–H groups in total. The molecule has 0 aliphatic heterocycles. The van der Waals surface area contributed by atoms with E-state index in [1.165, 1.54) is 11.3 Å². The minimum atomic E-state index is -0.139. The van der Waals surface area contributed by atoms with Gasteiger partial charge in [-0.3, -0.25) is 0 Å². The molecule has 4 heteroatoms. The first-order chi connectivity index (χ1) is 7.08. The van der Waals surface area contributed by atoms with Crippen molar-refractivity contribution in [2.75, 3.05) is 0 Å². The van der Waals surface area contributed by atoms with E-state index in [-0.39, 0.29) is 6.04 Å². The minimum Gasteiger partial charge on any atom is -0.466 e. The SMILES string of the molecule is Cc1cc(C(N)c2ccc(Cl)s2)c(C)o1. The molecule has 0 aliphatic carbocycles. The molecule has 0 saturated heterocycles. The molecule has 0 saturated carbocycles. The molecule has 0 aromatic carbocycles. The highest BCUT2D eigenvalue weighted by atomic mass is 35.5. The molecule has 0 spiro atoms. The number of halogens is 1. The molecule has 15 heavy (non-hydrogen) atoms. The van der Waals surface area contributed by atoms with Crippen molar-refractivity contribution in [1.82, 2.24) is 0 Å². The number of furan rings is 1. The number of nitrogens with two attached hydrogens (primary N) is 1. The predicted molar refractivity (Wildman–Crippen MR) is 63.5 cm³/mol. The van der Waals surface area contributed by atoms with Crippen LogP contribution in [0, 0.1) is 13.8 Å². The van der Waals surface area contributed by atoms with Gasteiger partial charge in [0.05, 0.1) is 10.4 Å². The molecule has 2 aromatic rings. The van der Waals surface area contributed by atoms with Crippen LogP contribution in [0.5, 0.6) is 0 Å². The monoisotopic (exact) mass is 241 g/mol. The van der Waals surface area contributed by atoms with Crippen LogP contribution in [-0.2, 0) is 0 Å². The Morgan fingerprint density at radius 3 is 2.60 bits per heavy atom. The van der Waals surface area contributed by atoms with Crippen LogP contribution in [0.3, 0.4) is 0 Å². The second kappa shape index (κ2) is 4.00. The fraction of sp³-hybridized carbons (Fsp3) is 0.273. The summed E-state index contributed by atoms with van der Waals surface area (Å²) in [5, 5.41) is 0. The molecule has 80 valence electrons. The number of thiophene rings is 1. The van der Waals surface area contributed by atoms with E-state index in [2.05, 4.69) is 0 Å². The molecular formula is C11H12ClNOS. The van der Waals surface area contributed by atoms with Crippen LogP contribution >= 0.6 is 22.9 Å². The molecule has 1 atom stereocenters. The highest BCUT2D eigenvalue weighted by molar-refractivity contribution is 7.16. The van der Waals surface area contributed by atoms with Gasteiger partial charge in [-0.25, -0.2) is 0 Å². The highest BCUT2D eigenvalue weighted by Gasteiger charge is 2.16. The quantitative estimate of drug-likeness (QED) is 0.872. The zero-order valence-electron chi connectivity index (χ0n) is 8.58. The smallest absolute Gasteiger partial charge is 0.106 e. The standard InChI is InChI=1S/C11H12ClNOS/c1-6-5-8(7(2)14-6)11(13)9-3-4-10(12)15-9/h3-5,11H,13H2,1-2H3. The molecule has 1 unspecified atom stereocenters. The van der Waals surface area contributed by atoms with Crippen molar-refractivity contribution in [2.24, 2.45) is 5.73 Å². The zero-order chi connectivity index (χ0) is 11.0. The molecule has 2 nitrogen and oxygen atoms in total. The lowest BCUT2D eigenvalue weighted by Crippen LogP contribution is -2.10. The van der Waals surface area contributed by atoms with Crippen LogP contribution in [0.4, 0.5) is 0 Å². The van der Waals surface area contributed by atoms with E-state index >= 15 is 0 Å². The third-order valence-corrected chi connectivity index (χ3v) is 3.63. The van der Waals surface area contributed by atoms with Crippen LogP contribution in [-0.4, -0.2) is 0 Å². The van der Waals surface area contributed by atoms with Gasteiger partial charge in [0, 0.05) is 10.4 Å². The molecule has 0 amide bonds. The lowest BCUT2D eigenvalue weighted by Gasteiger charge is -2.07. The Kier molecular flexibility index (Phi) is 2.87. The van der Waals surface area contributed by atoms with Crippen molar-refractivity contribution < 1.29 is 4.42 Å². The van der Waals surface area contributed by atoms with Crippen molar-refractivity contribution in [3.05, 3.63) is 44.5 Å². The summed E-state index contributed by atoms with van der Waals surface area (Å²) in [6, 6.07) is 5.66. The van der Waals surface area contributed by atoms with Crippen LogP contribution in [0.25, 0.3) is 0 Å². The summed E-state index contributed by atoms with van der Waals surface area (Å²) in [6.45, 7) is 3.85. The molecule has 0 aliphatic rings. The molecule has 0 radical (unpaired) electrons. The van der Waals surface area contributed by atoms with Crippen molar-refractivity contribution >= 4 is 22.9 Å². The Morgan fingerprint density at radius 2 is 2.13 bits per heavy atom.